The summed E-state index contributed by atoms with van der Waals surface area (Å²) in [4.78, 5) is 31.9. The molecule has 7 rings (SSSR count). The molecule has 2 N–H and O–H groups in total. The zero-order valence-electron chi connectivity index (χ0n) is 20.5. The van der Waals surface area contributed by atoms with Gasteiger partial charge in [0.2, 0.25) is 12.7 Å². The SMILES string of the molecule is COC(=O)c1[nH]c2ccc(F)cc2c1[C@]12CCN(C(=O)Cc3cccc4c3OCO4)[C@H]1Nc1ccccc12. The van der Waals surface area contributed by atoms with Crippen LogP contribution in [-0.2, 0) is 21.4 Å². The molecule has 1 fully saturated rings. The van der Waals surface area contributed by atoms with Crippen LogP contribution >= 0.6 is 0 Å². The van der Waals surface area contributed by atoms with Gasteiger partial charge in [0.25, 0.3) is 0 Å². The van der Waals surface area contributed by atoms with Gasteiger partial charge in [0.05, 0.1) is 18.9 Å². The van der Waals surface area contributed by atoms with Crippen LogP contribution in [0.5, 0.6) is 11.5 Å². The Hall–Kier alpha value is -4.53. The third-order valence-electron chi connectivity index (χ3n) is 7.96. The number of aromatic amines is 1. The average molecular weight is 514 g/mol. The van der Waals surface area contributed by atoms with Gasteiger partial charge in [-0.25, -0.2) is 9.18 Å². The van der Waals surface area contributed by atoms with E-state index in [1.165, 1.54) is 19.2 Å². The summed E-state index contributed by atoms with van der Waals surface area (Å²) in [7, 11) is 1.32. The lowest BCUT2D eigenvalue weighted by Crippen LogP contribution is -2.47. The van der Waals surface area contributed by atoms with Crippen molar-refractivity contribution in [1.82, 2.24) is 9.88 Å². The molecule has 0 unspecified atom stereocenters. The first-order valence-electron chi connectivity index (χ1n) is 12.4. The Morgan fingerprint density at radius 1 is 1.13 bits per heavy atom. The third kappa shape index (κ3) is 3.08. The zero-order chi connectivity index (χ0) is 26.0. The number of carbonyl (C=O) groups excluding carboxylic acids is 2. The summed E-state index contributed by atoms with van der Waals surface area (Å²) in [5, 5.41) is 4.14. The Balaban J connectivity index is 1.37. The molecule has 0 bridgehead atoms. The van der Waals surface area contributed by atoms with E-state index in [-0.39, 0.29) is 24.8 Å². The average Bonchev–Trinajstić information content (AvgIpc) is 3.69. The van der Waals surface area contributed by atoms with Crippen LogP contribution in [0.15, 0.2) is 60.7 Å². The van der Waals surface area contributed by atoms with Gasteiger partial charge in [-0.2, -0.15) is 0 Å². The van der Waals surface area contributed by atoms with Gasteiger partial charge >= 0.3 is 5.97 Å². The number of fused-ring (bicyclic) bond motifs is 5. The molecule has 3 aromatic carbocycles. The second-order valence-electron chi connectivity index (χ2n) is 9.79. The van der Waals surface area contributed by atoms with E-state index >= 15 is 0 Å². The molecule has 0 radical (unpaired) electrons. The lowest BCUT2D eigenvalue weighted by atomic mass is 9.72. The van der Waals surface area contributed by atoms with Crippen LogP contribution in [0, 0.1) is 5.82 Å². The maximum atomic E-state index is 14.6. The summed E-state index contributed by atoms with van der Waals surface area (Å²) in [6.07, 6.45) is 0.170. The fourth-order valence-corrected chi connectivity index (χ4v) is 6.40. The van der Waals surface area contributed by atoms with Crippen molar-refractivity contribution < 1.29 is 28.2 Å². The molecule has 1 aromatic heterocycles. The summed E-state index contributed by atoms with van der Waals surface area (Å²) in [6, 6.07) is 17.8. The van der Waals surface area contributed by atoms with Crippen molar-refractivity contribution in [2.24, 2.45) is 0 Å². The quantitative estimate of drug-likeness (QED) is 0.395. The van der Waals surface area contributed by atoms with Crippen molar-refractivity contribution in [2.75, 3.05) is 25.8 Å². The molecule has 0 aliphatic carbocycles. The van der Waals surface area contributed by atoms with E-state index in [4.69, 9.17) is 14.2 Å². The summed E-state index contributed by atoms with van der Waals surface area (Å²) in [5.41, 5.74) is 3.29. The number of hydrogen-bond acceptors (Lipinski definition) is 6. The fourth-order valence-electron chi connectivity index (χ4n) is 6.40. The number of esters is 1. The number of anilines is 1. The number of para-hydroxylation sites is 2. The number of benzene rings is 3. The Morgan fingerprint density at radius 2 is 2.00 bits per heavy atom. The number of halogens is 1. The number of hydrogen-bond donors (Lipinski definition) is 2. The molecule has 1 saturated heterocycles. The van der Waals surface area contributed by atoms with Crippen molar-refractivity contribution in [1.29, 1.82) is 0 Å². The van der Waals surface area contributed by atoms with Gasteiger partial charge in [0.1, 0.15) is 17.7 Å². The van der Waals surface area contributed by atoms with Crippen LogP contribution in [0.3, 0.4) is 0 Å². The van der Waals surface area contributed by atoms with E-state index in [0.29, 0.717) is 40.9 Å². The first kappa shape index (κ1) is 22.7. The molecule has 0 saturated carbocycles. The number of ether oxygens (including phenoxy) is 3. The molecular formula is C29H24FN3O5. The number of H-pyrrole nitrogens is 1. The number of methoxy groups -OCH3 is 1. The lowest BCUT2D eigenvalue weighted by Gasteiger charge is -2.33. The van der Waals surface area contributed by atoms with Crippen LogP contribution in [-0.4, -0.2) is 48.4 Å². The highest BCUT2D eigenvalue weighted by Gasteiger charge is 2.58. The van der Waals surface area contributed by atoms with Gasteiger partial charge in [0.15, 0.2) is 11.5 Å². The van der Waals surface area contributed by atoms with Crippen LogP contribution in [0.4, 0.5) is 10.1 Å². The Bertz CT molecular complexity index is 1630. The molecule has 4 heterocycles. The topological polar surface area (TPSA) is 92.9 Å². The number of likely N-dealkylation sites (tertiary alicyclic amines) is 1. The molecular weight excluding hydrogens is 489 g/mol. The van der Waals surface area contributed by atoms with E-state index in [1.807, 2.05) is 47.4 Å². The Kier molecular flexibility index (Phi) is 4.91. The van der Waals surface area contributed by atoms with Crippen LogP contribution < -0.4 is 14.8 Å². The minimum Gasteiger partial charge on any atom is -0.464 e. The predicted molar refractivity (Wildman–Crippen MR) is 137 cm³/mol. The van der Waals surface area contributed by atoms with Crippen molar-refractivity contribution in [3.05, 3.63) is 88.9 Å². The number of nitrogens with one attached hydrogen (secondary N) is 2. The maximum Gasteiger partial charge on any atom is 0.354 e. The summed E-state index contributed by atoms with van der Waals surface area (Å²) in [6.45, 7) is 0.570. The van der Waals surface area contributed by atoms with E-state index in [1.54, 1.807) is 6.07 Å². The van der Waals surface area contributed by atoms with Crippen LogP contribution in [0.25, 0.3) is 10.9 Å². The highest BCUT2D eigenvalue weighted by molar-refractivity contribution is 6.00. The highest BCUT2D eigenvalue weighted by Crippen LogP contribution is 2.55. The number of aromatic nitrogens is 1. The predicted octanol–water partition coefficient (Wildman–Crippen LogP) is 4.34. The first-order chi connectivity index (χ1) is 18.5. The molecule has 8 nitrogen and oxygen atoms in total. The molecule has 9 heteroatoms. The summed E-state index contributed by atoms with van der Waals surface area (Å²) < 4.78 is 30.8. The number of rotatable bonds is 4. The number of carbonyl (C=O) groups is 2. The minimum absolute atomic E-state index is 0.0910. The van der Waals surface area contributed by atoms with Gasteiger partial charge < -0.3 is 29.4 Å². The van der Waals surface area contributed by atoms with Crippen LogP contribution in [0.2, 0.25) is 0 Å². The van der Waals surface area contributed by atoms with Crippen molar-refractivity contribution in [3.8, 4) is 11.5 Å². The van der Waals surface area contributed by atoms with Gasteiger partial charge in [-0.1, -0.05) is 30.3 Å². The Morgan fingerprint density at radius 3 is 2.87 bits per heavy atom. The highest BCUT2D eigenvalue weighted by atomic mass is 19.1. The third-order valence-corrected chi connectivity index (χ3v) is 7.96. The maximum absolute atomic E-state index is 14.6. The molecule has 192 valence electrons. The zero-order valence-corrected chi connectivity index (χ0v) is 20.5. The number of amides is 1. The molecule has 0 spiro atoms. The van der Waals surface area contributed by atoms with E-state index in [2.05, 4.69) is 10.3 Å². The van der Waals surface area contributed by atoms with Gasteiger partial charge in [-0.15, -0.1) is 0 Å². The molecule has 3 aliphatic rings. The van der Waals surface area contributed by atoms with Gasteiger partial charge in [-0.3, -0.25) is 4.79 Å². The summed E-state index contributed by atoms with van der Waals surface area (Å²) in [5.74, 6) is 0.171. The molecule has 2 atom stereocenters. The second kappa shape index (κ2) is 8.24. The van der Waals surface area contributed by atoms with Gasteiger partial charge in [0, 0.05) is 34.3 Å². The summed E-state index contributed by atoms with van der Waals surface area (Å²) >= 11 is 0. The smallest absolute Gasteiger partial charge is 0.354 e. The van der Waals surface area contributed by atoms with Crippen molar-refractivity contribution in [2.45, 2.75) is 24.4 Å². The standard InChI is InChI=1S/C29H24FN3O5/c1-36-27(35)25-24(18-14-17(30)9-10-20(18)31-25)29-11-12-33(28(29)32-21-7-3-2-6-19(21)29)23(34)13-16-5-4-8-22-26(16)38-15-37-22/h2-10,14,28,31-32H,11-13,15H2,1H3/t28-,29-/m1/s1. The monoisotopic (exact) mass is 513 g/mol. The molecule has 1 amide bonds. The molecule has 3 aliphatic heterocycles. The lowest BCUT2D eigenvalue weighted by molar-refractivity contribution is -0.131. The normalized spacial score (nSPS) is 20.8. The van der Waals surface area contributed by atoms with E-state index < -0.39 is 23.4 Å². The van der Waals surface area contributed by atoms with Crippen molar-refractivity contribution in [3.63, 3.8) is 0 Å². The van der Waals surface area contributed by atoms with Crippen LogP contribution in [0.1, 0.15) is 33.6 Å². The van der Waals surface area contributed by atoms with E-state index in [0.717, 1.165) is 16.8 Å². The molecule has 4 aromatic rings. The van der Waals surface area contributed by atoms with Gasteiger partial charge in [-0.05, 0) is 42.3 Å². The number of nitrogens with zero attached hydrogens (tertiary/aromatic N) is 1. The second-order valence-corrected chi connectivity index (χ2v) is 9.79. The Labute approximate surface area is 217 Å². The fraction of sp³-hybridized carbons (Fsp3) is 0.241. The molecule has 38 heavy (non-hydrogen) atoms. The largest absolute Gasteiger partial charge is 0.464 e. The van der Waals surface area contributed by atoms with Crippen molar-refractivity contribution >= 4 is 28.5 Å². The first-order valence-corrected chi connectivity index (χ1v) is 12.4. The minimum atomic E-state index is -0.805. The van der Waals surface area contributed by atoms with E-state index in [9.17, 15) is 14.0 Å².